The number of hydrogen-bond donors (Lipinski definition) is 2. The van der Waals surface area contributed by atoms with Crippen LogP contribution in [0.5, 0.6) is 0 Å². The first-order chi connectivity index (χ1) is 13.5. The third-order valence-corrected chi connectivity index (χ3v) is 4.95. The highest BCUT2D eigenvalue weighted by atomic mass is 19.4. The van der Waals surface area contributed by atoms with Crippen molar-refractivity contribution in [3.63, 3.8) is 0 Å². The van der Waals surface area contributed by atoms with Crippen LogP contribution in [0, 0.1) is 11.8 Å². The first-order valence-electron chi connectivity index (χ1n) is 9.43. The van der Waals surface area contributed by atoms with Gasteiger partial charge in [-0.15, -0.1) is 0 Å². The van der Waals surface area contributed by atoms with E-state index in [0.717, 1.165) is 0 Å². The van der Waals surface area contributed by atoms with E-state index < -0.39 is 59.5 Å². The van der Waals surface area contributed by atoms with Crippen LogP contribution in [0.4, 0.5) is 22.0 Å². The fraction of sp³-hybridized carbons (Fsp3) is 0.778. The second-order valence-corrected chi connectivity index (χ2v) is 7.96. The number of alkyl halides is 5. The van der Waals surface area contributed by atoms with Gasteiger partial charge in [0, 0.05) is 6.54 Å². The molecule has 0 saturated carbocycles. The van der Waals surface area contributed by atoms with Crippen LogP contribution in [0.2, 0.25) is 0 Å². The minimum absolute atomic E-state index is 0.189. The van der Waals surface area contributed by atoms with Crippen LogP contribution in [-0.2, 0) is 19.2 Å². The molecule has 2 amide bonds. The number of nitrogens with one attached hydrogen (secondary N) is 1. The van der Waals surface area contributed by atoms with E-state index in [0.29, 0.717) is 6.42 Å². The van der Waals surface area contributed by atoms with Crippen molar-refractivity contribution in [2.45, 2.75) is 70.8 Å². The molecule has 0 aromatic heterocycles. The van der Waals surface area contributed by atoms with Crippen molar-refractivity contribution >= 4 is 23.4 Å². The molecule has 3 atom stereocenters. The molecule has 0 bridgehead atoms. The summed E-state index contributed by atoms with van der Waals surface area (Å²) in [5.41, 5.74) is 5.82. The van der Waals surface area contributed by atoms with E-state index in [-0.39, 0.29) is 18.9 Å². The van der Waals surface area contributed by atoms with E-state index in [1.807, 2.05) is 0 Å². The van der Waals surface area contributed by atoms with Gasteiger partial charge in [0.2, 0.25) is 17.6 Å². The van der Waals surface area contributed by atoms with Gasteiger partial charge in [-0.05, 0) is 24.7 Å². The van der Waals surface area contributed by atoms with Gasteiger partial charge in [-0.1, -0.05) is 27.7 Å². The summed E-state index contributed by atoms with van der Waals surface area (Å²) in [6, 6.07) is -3.88. The Kier molecular flexibility index (Phi) is 8.09. The minimum Gasteiger partial charge on any atom is -0.344 e. The van der Waals surface area contributed by atoms with Gasteiger partial charge in [-0.2, -0.15) is 22.0 Å². The number of ketones is 2. The number of rotatable bonds is 8. The van der Waals surface area contributed by atoms with E-state index >= 15 is 0 Å². The number of nitrogens with two attached hydrogens (primary N) is 1. The standard InChI is InChI=1S/C18H26F5N3O4/c1-8(2)11(24)16(30)26-7-5-6-10(26)15(29)25-12(9(3)4)13(27)14(28)17(19,20)18(21,22)23/h8-12H,5-7,24H2,1-4H3,(H,25,29). The van der Waals surface area contributed by atoms with Crippen LogP contribution in [-0.4, -0.2) is 65.0 Å². The van der Waals surface area contributed by atoms with Crippen LogP contribution < -0.4 is 11.1 Å². The summed E-state index contributed by atoms with van der Waals surface area (Å²) in [5.74, 6) is -13.5. The maximum Gasteiger partial charge on any atom is 0.461 e. The number of nitrogens with zero attached hydrogens (tertiary/aromatic N) is 1. The zero-order valence-corrected chi connectivity index (χ0v) is 17.1. The van der Waals surface area contributed by atoms with Crippen molar-refractivity contribution in [1.82, 2.24) is 10.2 Å². The lowest BCUT2D eigenvalue weighted by atomic mass is 9.94. The van der Waals surface area contributed by atoms with Crippen LogP contribution in [0.3, 0.4) is 0 Å². The summed E-state index contributed by atoms with van der Waals surface area (Å²) in [7, 11) is 0. The Hall–Kier alpha value is -2.11. The molecule has 3 N–H and O–H groups in total. The predicted molar refractivity (Wildman–Crippen MR) is 95.3 cm³/mol. The summed E-state index contributed by atoms with van der Waals surface area (Å²) < 4.78 is 63.9. The van der Waals surface area contributed by atoms with Gasteiger partial charge in [0.25, 0.3) is 5.78 Å². The van der Waals surface area contributed by atoms with E-state index in [2.05, 4.69) is 5.32 Å². The Morgan fingerprint density at radius 2 is 1.53 bits per heavy atom. The molecule has 0 radical (unpaired) electrons. The molecule has 0 aliphatic carbocycles. The minimum atomic E-state index is -6.24. The normalized spacial score (nSPS) is 19.7. The van der Waals surface area contributed by atoms with Crippen molar-refractivity contribution in [3.05, 3.63) is 0 Å². The molecular weight excluding hydrogens is 417 g/mol. The summed E-state index contributed by atoms with van der Waals surface area (Å²) in [5, 5.41) is 2.07. The third kappa shape index (κ3) is 5.32. The van der Waals surface area contributed by atoms with E-state index in [4.69, 9.17) is 5.73 Å². The number of hydrogen-bond acceptors (Lipinski definition) is 5. The maximum absolute atomic E-state index is 13.3. The van der Waals surface area contributed by atoms with Gasteiger partial charge < -0.3 is 16.0 Å². The predicted octanol–water partition coefficient (Wildman–Crippen LogP) is 1.44. The maximum atomic E-state index is 13.3. The van der Waals surface area contributed by atoms with Crippen molar-refractivity contribution in [1.29, 1.82) is 0 Å². The van der Waals surface area contributed by atoms with Gasteiger partial charge in [-0.3, -0.25) is 19.2 Å². The highest BCUT2D eigenvalue weighted by Gasteiger charge is 2.65. The molecule has 1 aliphatic rings. The molecule has 172 valence electrons. The monoisotopic (exact) mass is 443 g/mol. The molecule has 1 heterocycles. The smallest absolute Gasteiger partial charge is 0.344 e. The van der Waals surface area contributed by atoms with Crippen LogP contribution in [0.25, 0.3) is 0 Å². The topological polar surface area (TPSA) is 110 Å². The average molecular weight is 443 g/mol. The van der Waals surface area contributed by atoms with E-state index in [1.54, 1.807) is 13.8 Å². The lowest BCUT2D eigenvalue weighted by molar-refractivity contribution is -0.267. The molecule has 7 nitrogen and oxygen atoms in total. The van der Waals surface area contributed by atoms with E-state index in [9.17, 15) is 41.1 Å². The number of halogens is 5. The van der Waals surface area contributed by atoms with Gasteiger partial charge in [0.15, 0.2) is 0 Å². The molecule has 1 rings (SSSR count). The second-order valence-electron chi connectivity index (χ2n) is 7.96. The van der Waals surface area contributed by atoms with Gasteiger partial charge >= 0.3 is 12.1 Å². The Morgan fingerprint density at radius 3 is 1.97 bits per heavy atom. The van der Waals surface area contributed by atoms with Crippen molar-refractivity contribution in [3.8, 4) is 0 Å². The molecule has 1 aliphatic heterocycles. The molecule has 30 heavy (non-hydrogen) atoms. The molecule has 0 spiro atoms. The van der Waals surface area contributed by atoms with Crippen molar-refractivity contribution in [2.75, 3.05) is 6.54 Å². The highest BCUT2D eigenvalue weighted by molar-refractivity contribution is 6.42. The second kappa shape index (κ2) is 9.36. The molecule has 12 heteroatoms. The fourth-order valence-corrected chi connectivity index (χ4v) is 2.99. The van der Waals surface area contributed by atoms with Gasteiger partial charge in [-0.25, -0.2) is 0 Å². The Labute approximate surface area is 170 Å². The van der Waals surface area contributed by atoms with Crippen molar-refractivity contribution < 1.29 is 41.1 Å². The number of likely N-dealkylation sites (tertiary alicyclic amines) is 1. The first-order valence-corrected chi connectivity index (χ1v) is 9.43. The quantitative estimate of drug-likeness (QED) is 0.436. The zero-order valence-electron chi connectivity index (χ0n) is 17.1. The van der Waals surface area contributed by atoms with Gasteiger partial charge in [0.05, 0.1) is 12.1 Å². The van der Waals surface area contributed by atoms with Crippen LogP contribution in [0.1, 0.15) is 40.5 Å². The Balaban J connectivity index is 3.03. The average Bonchev–Trinajstić information content (AvgIpc) is 3.11. The van der Waals surface area contributed by atoms with Crippen LogP contribution in [0.15, 0.2) is 0 Å². The lowest BCUT2D eigenvalue weighted by Gasteiger charge is -2.30. The molecular formula is C18H26F5N3O4. The number of amides is 2. The fourth-order valence-electron chi connectivity index (χ4n) is 2.99. The SMILES string of the molecule is CC(C)C(N)C(=O)N1CCCC1C(=O)NC(C(=O)C(=O)C(F)(F)C(F)(F)F)C(C)C. The summed E-state index contributed by atoms with van der Waals surface area (Å²) in [6.07, 6.45) is -5.62. The largest absolute Gasteiger partial charge is 0.461 e. The molecule has 3 unspecified atom stereocenters. The number of carbonyl (C=O) groups is 4. The Morgan fingerprint density at radius 1 is 1.00 bits per heavy atom. The third-order valence-electron chi connectivity index (χ3n) is 4.95. The van der Waals surface area contributed by atoms with E-state index in [1.165, 1.54) is 18.7 Å². The lowest BCUT2D eigenvalue weighted by Crippen LogP contribution is -2.58. The molecule has 1 fully saturated rings. The summed E-state index contributed by atoms with van der Waals surface area (Å²) >= 11 is 0. The zero-order chi connectivity index (χ0) is 23.6. The molecule has 0 aromatic carbocycles. The molecule has 1 saturated heterocycles. The van der Waals surface area contributed by atoms with Gasteiger partial charge in [0.1, 0.15) is 6.04 Å². The first kappa shape index (κ1) is 25.9. The summed E-state index contributed by atoms with van der Waals surface area (Å²) in [4.78, 5) is 49.9. The van der Waals surface area contributed by atoms with Crippen LogP contribution >= 0.6 is 0 Å². The number of Topliss-reactive ketones (excluding diaryl/α,β-unsaturated/α-hetero) is 2. The summed E-state index contributed by atoms with van der Waals surface area (Å²) in [6.45, 7) is 6.14. The van der Waals surface area contributed by atoms with Crippen molar-refractivity contribution in [2.24, 2.45) is 17.6 Å². The highest BCUT2D eigenvalue weighted by Crippen LogP contribution is 2.36. The Bertz CT molecular complexity index is 694. The number of carbonyl (C=O) groups excluding carboxylic acids is 4. The molecule has 0 aromatic rings.